The zero-order valence-corrected chi connectivity index (χ0v) is 12.1. The van der Waals surface area contributed by atoms with Gasteiger partial charge in [-0.3, -0.25) is 0 Å². The average Bonchev–Trinajstić information content (AvgIpc) is 2.82. The van der Waals surface area contributed by atoms with Gasteiger partial charge in [-0.2, -0.15) is 0 Å². The van der Waals surface area contributed by atoms with Crippen molar-refractivity contribution in [1.29, 1.82) is 0 Å². The number of rotatable bonds is 2. The van der Waals surface area contributed by atoms with Crippen LogP contribution in [0.3, 0.4) is 0 Å². The second-order valence-corrected chi connectivity index (χ2v) is 6.32. The van der Waals surface area contributed by atoms with E-state index in [0.29, 0.717) is 0 Å². The van der Waals surface area contributed by atoms with E-state index < -0.39 is 6.10 Å². The zero-order chi connectivity index (χ0) is 13.4. The van der Waals surface area contributed by atoms with Crippen molar-refractivity contribution < 1.29 is 5.11 Å². The van der Waals surface area contributed by atoms with Gasteiger partial charge in [0.2, 0.25) is 0 Å². The molecule has 1 aliphatic heterocycles. The molecule has 0 saturated carbocycles. The van der Waals surface area contributed by atoms with E-state index in [9.17, 15) is 5.11 Å². The number of aliphatic hydroxyl groups is 1. The van der Waals surface area contributed by atoms with Crippen molar-refractivity contribution in [2.24, 2.45) is 0 Å². The highest BCUT2D eigenvalue weighted by Crippen LogP contribution is 2.45. The van der Waals surface area contributed by atoms with Gasteiger partial charge in [-0.1, -0.05) is 42.0 Å². The van der Waals surface area contributed by atoms with Gasteiger partial charge in [-0.05, 0) is 36.6 Å². The maximum atomic E-state index is 10.7. The van der Waals surface area contributed by atoms with Gasteiger partial charge in [-0.15, -0.1) is 11.8 Å². The fourth-order valence-electron chi connectivity index (χ4n) is 2.82. The summed E-state index contributed by atoms with van der Waals surface area (Å²) in [5.41, 5.74) is 4.78. The molecule has 0 aromatic heterocycles. The van der Waals surface area contributed by atoms with Crippen LogP contribution in [-0.2, 0) is 0 Å². The van der Waals surface area contributed by atoms with E-state index in [0.717, 1.165) is 11.3 Å². The highest BCUT2D eigenvalue weighted by Gasteiger charge is 2.30. The molecule has 3 rings (SSSR count). The molecule has 2 unspecified atom stereocenters. The van der Waals surface area contributed by atoms with E-state index in [1.807, 2.05) is 11.8 Å². The zero-order valence-electron chi connectivity index (χ0n) is 11.3. The molecule has 2 heteroatoms. The molecule has 1 aliphatic rings. The molecule has 1 heterocycles. The van der Waals surface area contributed by atoms with Crippen LogP contribution in [0.15, 0.2) is 47.4 Å². The number of aryl methyl sites for hydroxylation is 2. The summed E-state index contributed by atoms with van der Waals surface area (Å²) in [4.78, 5) is 1.32. The minimum absolute atomic E-state index is 0.211. The summed E-state index contributed by atoms with van der Waals surface area (Å²) in [5, 5.41) is 10.7. The van der Waals surface area contributed by atoms with Crippen molar-refractivity contribution in [3.63, 3.8) is 0 Å². The first-order chi connectivity index (χ1) is 9.16. The number of thioether (sulfide) groups is 1. The second kappa shape index (κ2) is 5.03. The Kier molecular flexibility index (Phi) is 3.38. The van der Waals surface area contributed by atoms with Gasteiger partial charge in [0.05, 0.1) is 6.10 Å². The molecule has 0 saturated heterocycles. The molecule has 2 atom stereocenters. The fraction of sp³-hybridized carbons (Fsp3) is 0.294. The molecule has 0 aliphatic carbocycles. The Morgan fingerprint density at radius 3 is 2.74 bits per heavy atom. The Hall–Kier alpha value is -1.25. The normalized spacial score (nSPS) is 19.2. The third-order valence-electron chi connectivity index (χ3n) is 3.86. The second-order valence-electron chi connectivity index (χ2n) is 5.26. The first-order valence-corrected chi connectivity index (χ1v) is 7.62. The van der Waals surface area contributed by atoms with Crippen LogP contribution in [0.1, 0.15) is 34.3 Å². The number of fused-ring (bicyclic) bond motifs is 1. The highest BCUT2D eigenvalue weighted by molar-refractivity contribution is 7.99. The standard InChI is InChI=1S/C17H18OS/c1-11-7-8-13(12(2)9-11)17(18)15-10-19-16-6-4-3-5-14(15)16/h3-9,15,17-18H,10H2,1-2H3. The first kappa shape index (κ1) is 12.8. The predicted octanol–water partition coefficient (Wildman–Crippen LogP) is 4.23. The van der Waals surface area contributed by atoms with Crippen LogP contribution >= 0.6 is 11.8 Å². The van der Waals surface area contributed by atoms with Gasteiger partial charge in [-0.25, -0.2) is 0 Å². The Bertz CT molecular complexity index is 606. The van der Waals surface area contributed by atoms with Crippen molar-refractivity contribution in [2.45, 2.75) is 30.8 Å². The lowest BCUT2D eigenvalue weighted by molar-refractivity contribution is 0.153. The SMILES string of the molecule is Cc1ccc(C(O)C2CSc3ccccc32)c(C)c1. The average molecular weight is 270 g/mol. The van der Waals surface area contributed by atoms with Gasteiger partial charge >= 0.3 is 0 Å². The fourth-order valence-corrected chi connectivity index (χ4v) is 4.10. The van der Waals surface area contributed by atoms with Crippen molar-refractivity contribution in [3.8, 4) is 0 Å². The minimum Gasteiger partial charge on any atom is -0.388 e. The van der Waals surface area contributed by atoms with E-state index in [2.05, 4.69) is 56.3 Å². The molecule has 2 aromatic carbocycles. The van der Waals surface area contributed by atoms with Crippen molar-refractivity contribution in [3.05, 3.63) is 64.7 Å². The lowest BCUT2D eigenvalue weighted by Gasteiger charge is -2.21. The van der Waals surface area contributed by atoms with E-state index >= 15 is 0 Å². The molecular formula is C17H18OS. The summed E-state index contributed by atoms with van der Waals surface area (Å²) >= 11 is 1.85. The first-order valence-electron chi connectivity index (χ1n) is 6.64. The molecule has 0 fully saturated rings. The van der Waals surface area contributed by atoms with Crippen molar-refractivity contribution in [2.75, 3.05) is 5.75 Å². The molecule has 19 heavy (non-hydrogen) atoms. The van der Waals surface area contributed by atoms with Crippen LogP contribution in [0.5, 0.6) is 0 Å². The van der Waals surface area contributed by atoms with Crippen LogP contribution < -0.4 is 0 Å². The summed E-state index contributed by atoms with van der Waals surface area (Å²) in [7, 11) is 0. The summed E-state index contributed by atoms with van der Waals surface area (Å²) in [6.07, 6.45) is -0.406. The van der Waals surface area contributed by atoms with Gasteiger partial charge in [0, 0.05) is 16.6 Å². The lowest BCUT2D eigenvalue weighted by atomic mass is 9.88. The minimum atomic E-state index is -0.406. The van der Waals surface area contributed by atoms with Gasteiger partial charge in [0.1, 0.15) is 0 Å². The summed E-state index contributed by atoms with van der Waals surface area (Å²) < 4.78 is 0. The molecule has 0 spiro atoms. The lowest BCUT2D eigenvalue weighted by Crippen LogP contribution is -2.11. The van der Waals surface area contributed by atoms with Crippen LogP contribution in [0.25, 0.3) is 0 Å². The molecule has 98 valence electrons. The van der Waals surface area contributed by atoms with Crippen LogP contribution in [0.2, 0.25) is 0 Å². The van der Waals surface area contributed by atoms with E-state index in [-0.39, 0.29) is 5.92 Å². The number of hydrogen-bond acceptors (Lipinski definition) is 2. The van der Waals surface area contributed by atoms with E-state index in [1.54, 1.807) is 0 Å². The third kappa shape index (κ3) is 2.31. The quantitative estimate of drug-likeness (QED) is 0.881. The molecular weight excluding hydrogens is 252 g/mol. The smallest absolute Gasteiger partial charge is 0.0869 e. The van der Waals surface area contributed by atoms with E-state index in [4.69, 9.17) is 0 Å². The predicted molar refractivity (Wildman–Crippen MR) is 80.8 cm³/mol. The monoisotopic (exact) mass is 270 g/mol. The summed E-state index contributed by atoms with van der Waals surface area (Å²) in [5.74, 6) is 1.18. The highest BCUT2D eigenvalue weighted by atomic mass is 32.2. The van der Waals surface area contributed by atoms with Gasteiger partial charge < -0.3 is 5.11 Å². The molecule has 0 amide bonds. The van der Waals surface area contributed by atoms with Crippen molar-refractivity contribution >= 4 is 11.8 Å². The molecule has 0 radical (unpaired) electrons. The maximum Gasteiger partial charge on any atom is 0.0869 e. The summed E-state index contributed by atoms with van der Waals surface area (Å²) in [6, 6.07) is 14.7. The van der Waals surface area contributed by atoms with Crippen LogP contribution in [-0.4, -0.2) is 10.9 Å². The molecule has 0 bridgehead atoms. The largest absolute Gasteiger partial charge is 0.388 e. The molecule has 1 N–H and O–H groups in total. The Balaban J connectivity index is 1.95. The van der Waals surface area contributed by atoms with Crippen LogP contribution in [0.4, 0.5) is 0 Å². The summed E-state index contributed by atoms with van der Waals surface area (Å²) in [6.45, 7) is 4.17. The van der Waals surface area contributed by atoms with Gasteiger partial charge in [0.15, 0.2) is 0 Å². The van der Waals surface area contributed by atoms with Crippen LogP contribution in [0, 0.1) is 13.8 Å². The number of aliphatic hydroxyl groups excluding tert-OH is 1. The number of hydrogen-bond donors (Lipinski definition) is 1. The molecule has 2 aromatic rings. The Labute approximate surface area is 118 Å². The third-order valence-corrected chi connectivity index (χ3v) is 5.07. The Morgan fingerprint density at radius 2 is 1.95 bits per heavy atom. The number of benzene rings is 2. The van der Waals surface area contributed by atoms with Gasteiger partial charge in [0.25, 0.3) is 0 Å². The Morgan fingerprint density at radius 1 is 1.16 bits per heavy atom. The topological polar surface area (TPSA) is 20.2 Å². The maximum absolute atomic E-state index is 10.7. The van der Waals surface area contributed by atoms with E-state index in [1.165, 1.54) is 21.6 Å². The molecule has 1 nitrogen and oxygen atoms in total. The van der Waals surface area contributed by atoms with Crippen molar-refractivity contribution in [1.82, 2.24) is 0 Å².